The van der Waals surface area contributed by atoms with Gasteiger partial charge >= 0.3 is 0 Å². The van der Waals surface area contributed by atoms with Gasteiger partial charge in [0, 0.05) is 17.5 Å². The van der Waals surface area contributed by atoms with Crippen LogP contribution >= 0.6 is 0 Å². The number of fused-ring (bicyclic) bond motifs is 1. The molecule has 0 aliphatic rings. The second-order valence-electron chi connectivity index (χ2n) is 3.44. The van der Waals surface area contributed by atoms with E-state index in [2.05, 4.69) is 23.8 Å². The van der Waals surface area contributed by atoms with Gasteiger partial charge in [-0.2, -0.15) is 0 Å². The number of nitrogens with zero attached hydrogens (tertiary/aromatic N) is 2. The van der Waals surface area contributed by atoms with E-state index in [9.17, 15) is 0 Å². The van der Waals surface area contributed by atoms with Crippen LogP contribution in [-0.4, -0.2) is 9.97 Å². The second kappa shape index (κ2) is 8.68. The Bertz CT molecular complexity index is 422. The largest absolute Gasteiger partial charge is 0.240 e. The molecule has 2 heteroatoms. The lowest BCUT2D eigenvalue weighted by Crippen LogP contribution is -1.96. The molecule has 2 aromatic rings. The third-order valence-electron chi connectivity index (χ3n) is 2.02. The molecule has 0 fully saturated rings. The Morgan fingerprint density at radius 1 is 0.941 bits per heavy atom. The first-order valence-corrected chi connectivity index (χ1v) is 6.49. The standard InChI is InChI=1S/C11H12N2.2C2H6/c1-8(2)11-12-7-9-5-3-4-6-10(9)13-11;2*1-2/h3-8H,1-2H3;2*1-2H3. The molecule has 0 aliphatic carbocycles. The van der Waals surface area contributed by atoms with Crippen LogP contribution < -0.4 is 0 Å². The minimum atomic E-state index is 0.393. The van der Waals surface area contributed by atoms with Crippen molar-refractivity contribution >= 4 is 10.9 Å². The van der Waals surface area contributed by atoms with Crippen molar-refractivity contribution in [2.24, 2.45) is 0 Å². The summed E-state index contributed by atoms with van der Waals surface area (Å²) < 4.78 is 0. The summed E-state index contributed by atoms with van der Waals surface area (Å²) in [6.45, 7) is 12.2. The molecule has 0 amide bonds. The van der Waals surface area contributed by atoms with E-state index >= 15 is 0 Å². The van der Waals surface area contributed by atoms with Crippen molar-refractivity contribution in [3.63, 3.8) is 0 Å². The Hall–Kier alpha value is -1.44. The van der Waals surface area contributed by atoms with Gasteiger partial charge in [-0.05, 0) is 6.07 Å². The highest BCUT2D eigenvalue weighted by molar-refractivity contribution is 5.77. The summed E-state index contributed by atoms with van der Waals surface area (Å²) in [7, 11) is 0. The average molecular weight is 232 g/mol. The highest BCUT2D eigenvalue weighted by atomic mass is 14.9. The Labute approximate surface area is 105 Å². The summed E-state index contributed by atoms with van der Waals surface area (Å²) in [6.07, 6.45) is 1.89. The fraction of sp³-hybridized carbons (Fsp3) is 0.467. The molecule has 1 aromatic heterocycles. The van der Waals surface area contributed by atoms with Crippen molar-refractivity contribution < 1.29 is 0 Å². The van der Waals surface area contributed by atoms with Gasteiger partial charge in [-0.3, -0.25) is 0 Å². The van der Waals surface area contributed by atoms with Crippen LogP contribution in [0, 0.1) is 0 Å². The third-order valence-corrected chi connectivity index (χ3v) is 2.02. The third kappa shape index (κ3) is 4.51. The average Bonchev–Trinajstić information content (AvgIpc) is 2.42. The van der Waals surface area contributed by atoms with Crippen LogP contribution in [0.4, 0.5) is 0 Å². The number of hydrogen-bond donors (Lipinski definition) is 0. The maximum Gasteiger partial charge on any atom is 0.131 e. The number of hydrogen-bond acceptors (Lipinski definition) is 2. The summed E-state index contributed by atoms with van der Waals surface area (Å²) >= 11 is 0. The number of benzene rings is 1. The molecule has 0 atom stereocenters. The first-order valence-electron chi connectivity index (χ1n) is 6.49. The molecule has 0 aliphatic heterocycles. The molecule has 0 saturated carbocycles. The van der Waals surface area contributed by atoms with Crippen molar-refractivity contribution in [1.82, 2.24) is 9.97 Å². The quantitative estimate of drug-likeness (QED) is 0.705. The topological polar surface area (TPSA) is 25.8 Å². The highest BCUT2D eigenvalue weighted by Gasteiger charge is 2.02. The highest BCUT2D eigenvalue weighted by Crippen LogP contribution is 2.14. The lowest BCUT2D eigenvalue weighted by Gasteiger charge is -2.03. The molecule has 0 saturated heterocycles. The zero-order chi connectivity index (χ0) is 13.3. The summed E-state index contributed by atoms with van der Waals surface area (Å²) in [5, 5.41) is 1.10. The van der Waals surface area contributed by atoms with E-state index < -0.39 is 0 Å². The lowest BCUT2D eigenvalue weighted by molar-refractivity contribution is 0.783. The van der Waals surface area contributed by atoms with E-state index in [0.29, 0.717) is 5.92 Å². The van der Waals surface area contributed by atoms with Crippen LogP contribution in [0.15, 0.2) is 30.5 Å². The maximum absolute atomic E-state index is 4.46. The Balaban J connectivity index is 0.000000581. The van der Waals surface area contributed by atoms with Gasteiger partial charge in [0.15, 0.2) is 0 Å². The maximum atomic E-state index is 4.46. The Kier molecular flexibility index (Phi) is 7.95. The van der Waals surface area contributed by atoms with Crippen molar-refractivity contribution in [2.45, 2.75) is 47.5 Å². The summed E-state index contributed by atoms with van der Waals surface area (Å²) in [5.74, 6) is 1.31. The lowest BCUT2D eigenvalue weighted by atomic mass is 10.2. The van der Waals surface area contributed by atoms with Gasteiger partial charge in [0.05, 0.1) is 5.52 Å². The Morgan fingerprint density at radius 2 is 1.53 bits per heavy atom. The fourth-order valence-corrected chi connectivity index (χ4v) is 1.26. The van der Waals surface area contributed by atoms with Crippen molar-refractivity contribution in [2.75, 3.05) is 0 Å². The SMILES string of the molecule is CC.CC.CC(C)c1ncc2ccccc2n1. The molecule has 0 unspecified atom stereocenters. The molecule has 0 spiro atoms. The summed E-state index contributed by atoms with van der Waals surface area (Å²) in [5.41, 5.74) is 1.03. The van der Waals surface area contributed by atoms with Crippen LogP contribution in [0.1, 0.15) is 53.3 Å². The minimum Gasteiger partial charge on any atom is -0.240 e. The number of rotatable bonds is 1. The van der Waals surface area contributed by atoms with E-state index in [4.69, 9.17) is 0 Å². The van der Waals surface area contributed by atoms with Crippen molar-refractivity contribution in [3.05, 3.63) is 36.3 Å². The molecule has 1 heterocycles. The zero-order valence-corrected chi connectivity index (χ0v) is 11.9. The van der Waals surface area contributed by atoms with Crippen molar-refractivity contribution in [3.8, 4) is 0 Å². The molecule has 2 rings (SSSR count). The van der Waals surface area contributed by atoms with E-state index in [-0.39, 0.29) is 0 Å². The predicted molar refractivity (Wildman–Crippen MR) is 76.3 cm³/mol. The van der Waals surface area contributed by atoms with Gasteiger partial charge in [-0.15, -0.1) is 0 Å². The van der Waals surface area contributed by atoms with Gasteiger partial charge in [-0.25, -0.2) is 9.97 Å². The second-order valence-corrected chi connectivity index (χ2v) is 3.44. The normalized spacial score (nSPS) is 9.12. The molecule has 0 N–H and O–H groups in total. The van der Waals surface area contributed by atoms with Crippen LogP contribution in [0.3, 0.4) is 0 Å². The first-order chi connectivity index (χ1) is 8.27. The molecule has 0 radical (unpaired) electrons. The fourth-order valence-electron chi connectivity index (χ4n) is 1.26. The van der Waals surface area contributed by atoms with E-state index in [1.54, 1.807) is 0 Å². The molecule has 1 aromatic carbocycles. The van der Waals surface area contributed by atoms with Gasteiger partial charge in [0.2, 0.25) is 0 Å². The van der Waals surface area contributed by atoms with Crippen LogP contribution in [0.5, 0.6) is 0 Å². The molecule has 0 bridgehead atoms. The van der Waals surface area contributed by atoms with Crippen molar-refractivity contribution in [1.29, 1.82) is 0 Å². The van der Waals surface area contributed by atoms with Gasteiger partial charge in [0.25, 0.3) is 0 Å². The van der Waals surface area contributed by atoms with E-state index in [1.165, 1.54) is 0 Å². The van der Waals surface area contributed by atoms with Crippen LogP contribution in [0.2, 0.25) is 0 Å². The van der Waals surface area contributed by atoms with Crippen LogP contribution in [0.25, 0.3) is 10.9 Å². The first kappa shape index (κ1) is 15.6. The smallest absolute Gasteiger partial charge is 0.131 e. The number of aromatic nitrogens is 2. The molecule has 2 nitrogen and oxygen atoms in total. The predicted octanol–water partition coefficient (Wildman–Crippen LogP) is 4.81. The summed E-state index contributed by atoms with van der Waals surface area (Å²) in [6, 6.07) is 8.04. The monoisotopic (exact) mass is 232 g/mol. The zero-order valence-electron chi connectivity index (χ0n) is 11.9. The molecule has 94 valence electrons. The number of para-hydroxylation sites is 1. The minimum absolute atomic E-state index is 0.393. The molecule has 17 heavy (non-hydrogen) atoms. The van der Waals surface area contributed by atoms with Gasteiger partial charge in [0.1, 0.15) is 5.82 Å². The molecular weight excluding hydrogens is 208 g/mol. The van der Waals surface area contributed by atoms with E-state index in [0.717, 1.165) is 16.7 Å². The van der Waals surface area contributed by atoms with Gasteiger partial charge < -0.3 is 0 Å². The van der Waals surface area contributed by atoms with Crippen LogP contribution in [-0.2, 0) is 0 Å². The van der Waals surface area contributed by atoms with E-state index in [1.807, 2.05) is 58.2 Å². The summed E-state index contributed by atoms with van der Waals surface area (Å²) in [4.78, 5) is 8.76. The molecular formula is C15H24N2. The Morgan fingerprint density at radius 3 is 2.12 bits per heavy atom. The van der Waals surface area contributed by atoms with Gasteiger partial charge in [-0.1, -0.05) is 59.7 Å².